The van der Waals surface area contributed by atoms with Gasteiger partial charge in [0.2, 0.25) is 0 Å². The van der Waals surface area contributed by atoms with Crippen molar-refractivity contribution in [1.82, 2.24) is 0 Å². The summed E-state index contributed by atoms with van der Waals surface area (Å²) in [4.78, 5) is 23.0. The van der Waals surface area contributed by atoms with Crippen LogP contribution in [-0.4, -0.2) is 75.6 Å². The van der Waals surface area contributed by atoms with E-state index in [1.54, 1.807) is 0 Å². The van der Waals surface area contributed by atoms with Gasteiger partial charge in [-0.25, -0.2) is 4.57 Å². The highest BCUT2D eigenvalue weighted by molar-refractivity contribution is 7.47. The van der Waals surface area contributed by atoms with Gasteiger partial charge in [-0.05, 0) is 89.9 Å². The molecule has 67 heavy (non-hydrogen) atoms. The molecule has 0 aliphatic carbocycles. The van der Waals surface area contributed by atoms with E-state index in [-0.39, 0.29) is 25.8 Å². The number of hydrogen-bond acceptors (Lipinski definition) is 6. The van der Waals surface area contributed by atoms with Crippen LogP contribution in [0.4, 0.5) is 0 Å². The molecular formula is C58H105NO7P+. The molecule has 8 nitrogen and oxygen atoms in total. The molecule has 0 aliphatic rings. The Morgan fingerprint density at radius 2 is 0.866 bits per heavy atom. The third-order valence-electron chi connectivity index (χ3n) is 11.4. The van der Waals surface area contributed by atoms with Crippen molar-refractivity contribution in [3.63, 3.8) is 0 Å². The van der Waals surface area contributed by atoms with Gasteiger partial charge in [-0.2, -0.15) is 0 Å². The highest BCUT2D eigenvalue weighted by atomic mass is 31.2. The molecule has 0 aliphatic heterocycles. The number of allylic oxidation sites excluding steroid dienone is 14. The Hall–Kier alpha value is -2.32. The molecule has 0 saturated carbocycles. The summed E-state index contributed by atoms with van der Waals surface area (Å²) in [6.45, 7) is 5.48. The van der Waals surface area contributed by atoms with Gasteiger partial charge in [0.15, 0.2) is 0 Å². The Labute approximate surface area is 414 Å². The topological polar surface area (TPSA) is 91.3 Å². The molecule has 0 aromatic rings. The van der Waals surface area contributed by atoms with Gasteiger partial charge in [0.25, 0.3) is 0 Å². The average Bonchev–Trinajstić information content (AvgIpc) is 3.29. The minimum absolute atomic E-state index is 0.0820. The number of esters is 1. The third kappa shape index (κ3) is 54.5. The molecule has 0 saturated heterocycles. The first-order chi connectivity index (χ1) is 32.6. The highest BCUT2D eigenvalue weighted by Crippen LogP contribution is 2.43. The Kier molecular flexibility index (Phi) is 48.3. The van der Waals surface area contributed by atoms with Gasteiger partial charge in [0, 0.05) is 13.0 Å². The van der Waals surface area contributed by atoms with E-state index >= 15 is 0 Å². The second-order valence-electron chi connectivity index (χ2n) is 19.2. The van der Waals surface area contributed by atoms with Crippen molar-refractivity contribution in [1.29, 1.82) is 0 Å². The van der Waals surface area contributed by atoms with Gasteiger partial charge in [-0.3, -0.25) is 13.8 Å². The summed E-state index contributed by atoms with van der Waals surface area (Å²) in [6.07, 6.45) is 67.8. The Balaban J connectivity index is 4.16. The Morgan fingerprint density at radius 1 is 0.478 bits per heavy atom. The van der Waals surface area contributed by atoms with Crippen molar-refractivity contribution in [2.75, 3.05) is 54.1 Å². The van der Waals surface area contributed by atoms with Crippen molar-refractivity contribution in [3.05, 3.63) is 85.1 Å². The number of hydrogen-bond donors (Lipinski definition) is 1. The molecule has 1 N–H and O–H groups in total. The molecule has 0 fully saturated rings. The maximum atomic E-state index is 12.8. The van der Waals surface area contributed by atoms with E-state index in [9.17, 15) is 14.3 Å². The van der Waals surface area contributed by atoms with E-state index in [1.807, 2.05) is 21.1 Å². The number of quaternary nitrogens is 1. The first-order valence-electron chi connectivity index (χ1n) is 27.3. The number of nitrogens with zero attached hydrogens (tertiary/aromatic N) is 1. The first-order valence-corrected chi connectivity index (χ1v) is 28.8. The quantitative estimate of drug-likeness (QED) is 0.0213. The number of rotatable bonds is 50. The highest BCUT2D eigenvalue weighted by Gasteiger charge is 2.26. The van der Waals surface area contributed by atoms with Crippen LogP contribution in [0.25, 0.3) is 0 Å². The molecule has 9 heteroatoms. The Bertz CT molecular complexity index is 1340. The fourth-order valence-corrected chi connectivity index (χ4v) is 8.00. The van der Waals surface area contributed by atoms with E-state index < -0.39 is 13.9 Å². The van der Waals surface area contributed by atoms with Crippen molar-refractivity contribution in [3.8, 4) is 0 Å². The lowest BCUT2D eigenvalue weighted by molar-refractivity contribution is -0.870. The summed E-state index contributed by atoms with van der Waals surface area (Å²) < 4.78 is 35.2. The van der Waals surface area contributed by atoms with Crippen LogP contribution in [0.15, 0.2) is 85.1 Å². The van der Waals surface area contributed by atoms with Gasteiger partial charge in [0.1, 0.15) is 19.3 Å². The maximum absolute atomic E-state index is 12.8. The number of ether oxygens (including phenoxy) is 2. The SMILES string of the molecule is CC/C=C\C/C=C\C/C=C\C/C=C\C/C=C\C/C=C\CCCCCCCCCOCC(COP(=O)(O)OCC[N+](C)(C)C)OC(=O)CCCCCCCCCCC/C=C\CCCCCCCC. The molecule has 388 valence electrons. The lowest BCUT2D eigenvalue weighted by Gasteiger charge is -2.24. The fraction of sp³-hybridized carbons (Fsp3) is 0.741. The largest absolute Gasteiger partial charge is 0.472 e. The van der Waals surface area contributed by atoms with Crippen LogP contribution in [0.1, 0.15) is 219 Å². The van der Waals surface area contributed by atoms with Gasteiger partial charge in [0.05, 0.1) is 34.4 Å². The van der Waals surface area contributed by atoms with Crippen LogP contribution >= 0.6 is 7.82 Å². The smallest absolute Gasteiger partial charge is 0.457 e. The summed E-state index contributed by atoms with van der Waals surface area (Å²) in [5, 5.41) is 0. The third-order valence-corrected chi connectivity index (χ3v) is 12.4. The van der Waals surface area contributed by atoms with Gasteiger partial charge >= 0.3 is 13.8 Å². The molecule has 0 amide bonds. The molecule has 2 unspecified atom stereocenters. The monoisotopic (exact) mass is 959 g/mol. The van der Waals surface area contributed by atoms with Crippen LogP contribution in [0.3, 0.4) is 0 Å². The Morgan fingerprint density at radius 3 is 1.31 bits per heavy atom. The van der Waals surface area contributed by atoms with Crippen molar-refractivity contribution < 1.29 is 37.3 Å². The summed E-state index contributed by atoms with van der Waals surface area (Å²) in [5.41, 5.74) is 0. The molecule has 0 radical (unpaired) electrons. The van der Waals surface area contributed by atoms with Gasteiger partial charge < -0.3 is 18.9 Å². The number of phosphoric acid groups is 1. The van der Waals surface area contributed by atoms with E-state index in [1.165, 1.54) is 122 Å². The predicted molar refractivity (Wildman–Crippen MR) is 288 cm³/mol. The number of carbonyl (C=O) groups is 1. The van der Waals surface area contributed by atoms with Crippen LogP contribution in [0, 0.1) is 0 Å². The van der Waals surface area contributed by atoms with Crippen LogP contribution in [-0.2, 0) is 27.9 Å². The van der Waals surface area contributed by atoms with Crippen LogP contribution in [0.5, 0.6) is 0 Å². The fourth-order valence-electron chi connectivity index (χ4n) is 7.26. The summed E-state index contributed by atoms with van der Waals surface area (Å²) >= 11 is 0. The standard InChI is InChI=1S/C58H104NO7P/c1-6-8-10-12-14-16-18-20-22-24-26-27-28-29-30-31-32-34-36-38-40-42-44-46-48-50-53-63-55-57(56-65-67(61,62)64-54-52-59(3,4)5)66-58(60)51-49-47-45-43-41-39-37-35-33-25-23-21-19-17-15-13-11-9-7-2/h8,10,14,16,20-23,26-27,29-30,32,34,57H,6-7,9,11-13,15,17-19,24-25,28,31,33,35-56H2,1-5H3/p+1/b10-8-,16-14-,22-20-,23-21-,27-26-,30-29-,34-32-. The number of likely N-dealkylation sites (N-methyl/N-ethyl adjacent to an activating group) is 1. The molecule has 0 bridgehead atoms. The maximum Gasteiger partial charge on any atom is 0.472 e. The number of phosphoric ester groups is 1. The summed E-state index contributed by atoms with van der Waals surface area (Å²) in [5.74, 6) is -0.322. The zero-order valence-corrected chi connectivity index (χ0v) is 45.0. The second-order valence-corrected chi connectivity index (χ2v) is 20.7. The van der Waals surface area contributed by atoms with E-state index in [4.69, 9.17) is 18.5 Å². The normalized spacial score (nSPS) is 14.2. The number of carbonyl (C=O) groups excluding carboxylic acids is 1. The molecule has 0 aromatic heterocycles. The predicted octanol–water partition coefficient (Wildman–Crippen LogP) is 17.2. The molecule has 0 heterocycles. The molecule has 0 rings (SSSR count). The van der Waals surface area contributed by atoms with Crippen LogP contribution < -0.4 is 0 Å². The minimum atomic E-state index is -4.29. The van der Waals surface area contributed by atoms with Gasteiger partial charge in [-0.15, -0.1) is 0 Å². The second kappa shape index (κ2) is 50.1. The summed E-state index contributed by atoms with van der Waals surface area (Å²) in [6, 6.07) is 0. The van der Waals surface area contributed by atoms with E-state index in [0.717, 1.165) is 77.0 Å². The van der Waals surface area contributed by atoms with E-state index in [0.29, 0.717) is 24.1 Å². The van der Waals surface area contributed by atoms with E-state index in [2.05, 4.69) is 98.9 Å². The number of unbranched alkanes of at least 4 members (excludes halogenated alkanes) is 22. The van der Waals surface area contributed by atoms with Crippen molar-refractivity contribution >= 4 is 13.8 Å². The summed E-state index contributed by atoms with van der Waals surface area (Å²) in [7, 11) is 1.65. The molecule has 0 spiro atoms. The zero-order valence-electron chi connectivity index (χ0n) is 44.1. The lowest BCUT2D eigenvalue weighted by atomic mass is 10.1. The van der Waals surface area contributed by atoms with Crippen molar-refractivity contribution in [2.24, 2.45) is 0 Å². The van der Waals surface area contributed by atoms with Crippen molar-refractivity contribution in [2.45, 2.75) is 225 Å². The average molecular weight is 959 g/mol. The first kappa shape index (κ1) is 64.7. The zero-order chi connectivity index (χ0) is 49.0. The lowest BCUT2D eigenvalue weighted by Crippen LogP contribution is -2.37. The van der Waals surface area contributed by atoms with Crippen LogP contribution in [0.2, 0.25) is 0 Å². The molecule has 2 atom stereocenters. The minimum Gasteiger partial charge on any atom is -0.457 e. The molecular weight excluding hydrogens is 854 g/mol. The molecule has 0 aromatic carbocycles. The van der Waals surface area contributed by atoms with Gasteiger partial charge in [-0.1, -0.05) is 208 Å².